The molecule has 0 spiro atoms. The van der Waals surface area contributed by atoms with Crippen LogP contribution >= 0.6 is 0 Å². The molecule has 2 aromatic carbocycles. The zero-order valence-electron chi connectivity index (χ0n) is 21.8. The number of methoxy groups -OCH3 is 1. The Kier molecular flexibility index (Phi) is 9.50. The molecule has 200 valence electrons. The van der Waals surface area contributed by atoms with Gasteiger partial charge in [-0.1, -0.05) is 51.1 Å². The van der Waals surface area contributed by atoms with E-state index in [2.05, 4.69) is 0 Å². The third-order valence-corrected chi connectivity index (χ3v) is 6.11. The number of ether oxygens (including phenoxy) is 1. The van der Waals surface area contributed by atoms with Gasteiger partial charge in [-0.25, -0.2) is 18.2 Å². The van der Waals surface area contributed by atoms with Crippen molar-refractivity contribution in [1.29, 1.82) is 0 Å². The number of imidazole rings is 1. The van der Waals surface area contributed by atoms with Crippen LogP contribution in [0.2, 0.25) is 0 Å². The van der Waals surface area contributed by atoms with E-state index in [-0.39, 0.29) is 36.7 Å². The number of amides is 1. The molecule has 3 aromatic rings. The summed E-state index contributed by atoms with van der Waals surface area (Å²) in [6.45, 7) is 5.57. The molecule has 1 amide bonds. The number of benzene rings is 2. The number of hydrogen-bond acceptors (Lipinski definition) is 4. The van der Waals surface area contributed by atoms with Crippen molar-refractivity contribution < 1.29 is 22.7 Å². The second kappa shape index (κ2) is 12.4. The minimum absolute atomic E-state index is 0.0231. The molecule has 0 fully saturated rings. The summed E-state index contributed by atoms with van der Waals surface area (Å²) in [4.78, 5) is 19.6. The van der Waals surface area contributed by atoms with Crippen molar-refractivity contribution in [1.82, 2.24) is 14.5 Å². The maximum absolute atomic E-state index is 14.7. The summed E-state index contributed by atoms with van der Waals surface area (Å²) in [5.41, 5.74) is 6.54. The minimum Gasteiger partial charge on any atom is -0.375 e. The molecule has 6 nitrogen and oxygen atoms in total. The molecule has 1 aromatic heterocycles. The highest BCUT2D eigenvalue weighted by Crippen LogP contribution is 2.39. The second-order valence-corrected chi connectivity index (χ2v) is 10.2. The third kappa shape index (κ3) is 7.20. The van der Waals surface area contributed by atoms with Crippen LogP contribution in [0.4, 0.5) is 13.2 Å². The van der Waals surface area contributed by atoms with Crippen LogP contribution in [-0.2, 0) is 16.1 Å². The standard InChI is InChI=1S/C28H35F3N4O2/c1-28(2,3)26(35(25(36)18-37-4)13-12-21(32)15-29)27-33-24(22-14-20(30)10-11-23(22)31)17-34(27)16-19-8-6-5-7-9-19/h5-11,14,17,21,26H,12-13,15-16,18,32H2,1-4H3. The summed E-state index contributed by atoms with van der Waals surface area (Å²) in [7, 11) is 1.43. The van der Waals surface area contributed by atoms with Crippen LogP contribution in [0.3, 0.4) is 0 Å². The fourth-order valence-electron chi connectivity index (χ4n) is 4.36. The molecule has 0 saturated carbocycles. The number of carbonyl (C=O) groups excluding carboxylic acids is 1. The van der Waals surface area contributed by atoms with Gasteiger partial charge in [0.15, 0.2) is 0 Å². The van der Waals surface area contributed by atoms with Gasteiger partial charge in [0.1, 0.15) is 30.7 Å². The molecular weight excluding hydrogens is 481 g/mol. The van der Waals surface area contributed by atoms with Crippen molar-refractivity contribution in [3.8, 4) is 11.3 Å². The van der Waals surface area contributed by atoms with Crippen molar-refractivity contribution in [2.75, 3.05) is 26.9 Å². The van der Waals surface area contributed by atoms with E-state index < -0.39 is 35.8 Å². The Balaban J connectivity index is 2.19. The Bertz CT molecular complexity index is 1180. The van der Waals surface area contributed by atoms with E-state index in [0.29, 0.717) is 12.4 Å². The fourth-order valence-corrected chi connectivity index (χ4v) is 4.36. The monoisotopic (exact) mass is 516 g/mol. The molecule has 3 rings (SSSR count). The van der Waals surface area contributed by atoms with Gasteiger partial charge in [0, 0.05) is 38.0 Å². The van der Waals surface area contributed by atoms with Gasteiger partial charge >= 0.3 is 0 Å². The van der Waals surface area contributed by atoms with Crippen LogP contribution in [0.5, 0.6) is 0 Å². The molecular formula is C28H35F3N4O2. The summed E-state index contributed by atoms with van der Waals surface area (Å²) < 4.78 is 49.0. The van der Waals surface area contributed by atoms with Gasteiger partial charge in [-0.15, -0.1) is 0 Å². The largest absolute Gasteiger partial charge is 0.375 e. The van der Waals surface area contributed by atoms with E-state index in [0.717, 1.165) is 23.8 Å². The number of hydrogen-bond donors (Lipinski definition) is 1. The number of nitrogens with zero attached hydrogens (tertiary/aromatic N) is 3. The quantitative estimate of drug-likeness (QED) is 0.384. The summed E-state index contributed by atoms with van der Waals surface area (Å²) in [6, 6.07) is 11.5. The first-order valence-electron chi connectivity index (χ1n) is 12.2. The molecule has 0 radical (unpaired) electrons. The molecule has 9 heteroatoms. The second-order valence-electron chi connectivity index (χ2n) is 10.2. The topological polar surface area (TPSA) is 73.4 Å². The van der Waals surface area contributed by atoms with Crippen LogP contribution in [0.15, 0.2) is 54.7 Å². The number of alkyl halides is 1. The summed E-state index contributed by atoms with van der Waals surface area (Å²) in [5.74, 6) is -1.000. The molecule has 0 bridgehead atoms. The van der Waals surface area contributed by atoms with Gasteiger partial charge in [-0.2, -0.15) is 0 Å². The van der Waals surface area contributed by atoms with Crippen LogP contribution in [0, 0.1) is 17.0 Å². The number of aromatic nitrogens is 2. The molecule has 37 heavy (non-hydrogen) atoms. The third-order valence-electron chi connectivity index (χ3n) is 6.11. The van der Waals surface area contributed by atoms with E-state index in [9.17, 15) is 18.0 Å². The average molecular weight is 517 g/mol. The molecule has 0 aliphatic heterocycles. The van der Waals surface area contributed by atoms with Crippen LogP contribution in [0.25, 0.3) is 11.3 Å². The van der Waals surface area contributed by atoms with Crippen molar-refractivity contribution in [2.24, 2.45) is 11.1 Å². The Morgan fingerprint density at radius 2 is 1.86 bits per heavy atom. The smallest absolute Gasteiger partial charge is 0.249 e. The summed E-state index contributed by atoms with van der Waals surface area (Å²) in [6.07, 6.45) is 1.91. The van der Waals surface area contributed by atoms with Gasteiger partial charge in [-0.3, -0.25) is 4.79 Å². The number of nitrogens with two attached hydrogens (primary N) is 1. The van der Waals surface area contributed by atoms with Gasteiger partial charge in [0.25, 0.3) is 0 Å². The molecule has 2 atom stereocenters. The number of halogens is 3. The first-order valence-corrected chi connectivity index (χ1v) is 12.2. The minimum atomic E-state index is -0.723. The number of rotatable bonds is 11. The first kappa shape index (κ1) is 28.4. The summed E-state index contributed by atoms with van der Waals surface area (Å²) >= 11 is 0. The first-order chi connectivity index (χ1) is 17.5. The molecule has 2 N–H and O–H groups in total. The predicted octanol–water partition coefficient (Wildman–Crippen LogP) is 5.13. The maximum Gasteiger partial charge on any atom is 0.249 e. The van der Waals surface area contributed by atoms with E-state index in [1.54, 1.807) is 11.1 Å². The SMILES string of the molecule is COCC(=O)N(CCC(N)CF)C(c1nc(-c2cc(F)ccc2F)cn1Cc1ccccc1)C(C)(C)C. The van der Waals surface area contributed by atoms with Crippen molar-refractivity contribution in [3.05, 3.63) is 77.8 Å². The molecule has 0 saturated heterocycles. The fraction of sp³-hybridized carbons (Fsp3) is 0.429. The van der Waals surface area contributed by atoms with Gasteiger partial charge < -0.3 is 19.9 Å². The Morgan fingerprint density at radius 3 is 2.49 bits per heavy atom. The lowest BCUT2D eigenvalue weighted by Gasteiger charge is -2.40. The van der Waals surface area contributed by atoms with E-state index in [4.69, 9.17) is 15.5 Å². The predicted molar refractivity (Wildman–Crippen MR) is 137 cm³/mol. The summed E-state index contributed by atoms with van der Waals surface area (Å²) in [5, 5.41) is 0. The van der Waals surface area contributed by atoms with E-state index >= 15 is 0 Å². The average Bonchev–Trinajstić information content (AvgIpc) is 3.25. The van der Waals surface area contributed by atoms with Crippen molar-refractivity contribution in [3.63, 3.8) is 0 Å². The van der Waals surface area contributed by atoms with Crippen molar-refractivity contribution >= 4 is 5.91 Å². The normalized spacial score (nSPS) is 13.4. The van der Waals surface area contributed by atoms with Crippen molar-refractivity contribution in [2.45, 2.75) is 45.8 Å². The van der Waals surface area contributed by atoms with Crippen LogP contribution < -0.4 is 5.73 Å². The molecule has 2 unspecified atom stereocenters. The number of carbonyl (C=O) groups is 1. The molecule has 0 aliphatic carbocycles. The molecule has 1 heterocycles. The highest BCUT2D eigenvalue weighted by atomic mass is 19.1. The zero-order valence-corrected chi connectivity index (χ0v) is 21.8. The van der Waals surface area contributed by atoms with Gasteiger partial charge in [0.05, 0.1) is 11.7 Å². The Morgan fingerprint density at radius 1 is 1.16 bits per heavy atom. The zero-order chi connectivity index (χ0) is 27.2. The van der Waals surface area contributed by atoms with Gasteiger partial charge in [0.2, 0.25) is 5.91 Å². The van der Waals surface area contributed by atoms with E-state index in [1.165, 1.54) is 7.11 Å². The highest BCUT2D eigenvalue weighted by Gasteiger charge is 2.38. The molecule has 0 aliphatic rings. The van der Waals surface area contributed by atoms with E-state index in [1.807, 2.05) is 55.7 Å². The van der Waals surface area contributed by atoms with Crippen LogP contribution in [0.1, 0.15) is 44.6 Å². The lowest BCUT2D eigenvalue weighted by molar-refractivity contribution is -0.140. The lowest BCUT2D eigenvalue weighted by atomic mass is 9.84. The maximum atomic E-state index is 14.7. The lowest BCUT2D eigenvalue weighted by Crippen LogP contribution is -2.45. The Hall–Kier alpha value is -3.17. The van der Waals surface area contributed by atoms with Gasteiger partial charge in [-0.05, 0) is 35.6 Å². The Labute approximate surface area is 216 Å². The highest BCUT2D eigenvalue weighted by molar-refractivity contribution is 5.78. The van der Waals surface area contributed by atoms with Crippen LogP contribution in [-0.4, -0.2) is 53.3 Å².